The van der Waals surface area contributed by atoms with E-state index in [9.17, 15) is 9.18 Å². The molecule has 0 aliphatic rings. The van der Waals surface area contributed by atoms with E-state index in [-0.39, 0.29) is 11.7 Å². The lowest BCUT2D eigenvalue weighted by Gasteiger charge is -2.10. The smallest absolute Gasteiger partial charge is 0.274 e. The molecule has 3 heterocycles. The molecule has 29 heavy (non-hydrogen) atoms. The number of benzene rings is 1. The minimum Gasteiger partial charge on any atom is -0.274 e. The maximum absolute atomic E-state index is 13.5. The molecule has 1 aromatic carbocycles. The average Bonchev–Trinajstić information content (AvgIpc) is 3.02. The molecule has 0 aliphatic carbocycles. The number of pyridine rings is 1. The SMILES string of the molecule is CO[n+]1ccccc1-c1ncc(C(=O)Nn2cc(C)c3cc(F)ccc32)c(C)n1. The summed E-state index contributed by atoms with van der Waals surface area (Å²) in [5, 5.41) is 0.738. The fourth-order valence-electron chi connectivity index (χ4n) is 3.20. The van der Waals surface area contributed by atoms with Gasteiger partial charge in [-0.25, -0.2) is 14.4 Å². The first kappa shape index (κ1) is 18.5. The Labute approximate surface area is 166 Å². The van der Waals surface area contributed by atoms with Gasteiger partial charge in [-0.1, -0.05) is 0 Å². The summed E-state index contributed by atoms with van der Waals surface area (Å²) >= 11 is 0. The van der Waals surface area contributed by atoms with Crippen LogP contribution in [0.4, 0.5) is 4.39 Å². The molecule has 0 unspecified atom stereocenters. The molecule has 0 atom stereocenters. The summed E-state index contributed by atoms with van der Waals surface area (Å²) in [6, 6.07) is 9.94. The van der Waals surface area contributed by atoms with Gasteiger partial charge in [0.1, 0.15) is 12.9 Å². The van der Waals surface area contributed by atoms with Gasteiger partial charge in [-0.2, -0.15) is 0 Å². The van der Waals surface area contributed by atoms with Gasteiger partial charge in [0.15, 0.2) is 0 Å². The van der Waals surface area contributed by atoms with E-state index in [4.69, 9.17) is 4.84 Å². The average molecular weight is 392 g/mol. The summed E-state index contributed by atoms with van der Waals surface area (Å²) in [6.07, 6.45) is 4.98. The molecule has 0 aliphatic heterocycles. The van der Waals surface area contributed by atoms with Gasteiger partial charge >= 0.3 is 5.69 Å². The molecule has 7 nitrogen and oxygen atoms in total. The number of fused-ring (bicyclic) bond motifs is 1. The number of carbonyl (C=O) groups is 1. The fraction of sp³-hybridized carbons (Fsp3) is 0.143. The van der Waals surface area contributed by atoms with Gasteiger partial charge in [0.2, 0.25) is 12.0 Å². The number of amides is 1. The number of aryl methyl sites for hydroxylation is 2. The van der Waals surface area contributed by atoms with Gasteiger partial charge in [0, 0.05) is 34.6 Å². The third kappa shape index (κ3) is 3.40. The molecule has 0 bridgehead atoms. The minimum atomic E-state index is -0.358. The monoisotopic (exact) mass is 392 g/mol. The number of hydrogen-bond donors (Lipinski definition) is 1. The maximum Gasteiger partial charge on any atom is 0.301 e. The second-order valence-electron chi connectivity index (χ2n) is 6.57. The predicted octanol–water partition coefficient (Wildman–Crippen LogP) is 2.58. The molecule has 0 saturated carbocycles. The van der Waals surface area contributed by atoms with Crippen molar-refractivity contribution in [2.45, 2.75) is 13.8 Å². The minimum absolute atomic E-state index is 0.321. The van der Waals surface area contributed by atoms with Gasteiger partial charge < -0.3 is 0 Å². The van der Waals surface area contributed by atoms with Crippen LogP contribution in [0.3, 0.4) is 0 Å². The normalized spacial score (nSPS) is 10.9. The topological polar surface area (TPSA) is 72.9 Å². The third-order valence-electron chi connectivity index (χ3n) is 4.66. The zero-order chi connectivity index (χ0) is 20.5. The van der Waals surface area contributed by atoms with E-state index in [1.54, 1.807) is 41.9 Å². The van der Waals surface area contributed by atoms with E-state index >= 15 is 0 Å². The van der Waals surface area contributed by atoms with Crippen molar-refractivity contribution in [1.82, 2.24) is 14.6 Å². The molecule has 1 N–H and O–H groups in total. The molecule has 146 valence electrons. The van der Waals surface area contributed by atoms with Crippen LogP contribution in [0.15, 0.2) is 55.0 Å². The third-order valence-corrected chi connectivity index (χ3v) is 4.66. The first-order valence-corrected chi connectivity index (χ1v) is 8.95. The first-order valence-electron chi connectivity index (χ1n) is 8.95. The van der Waals surface area contributed by atoms with Crippen LogP contribution in [0.25, 0.3) is 22.4 Å². The van der Waals surface area contributed by atoms with Gasteiger partial charge in [-0.3, -0.25) is 19.7 Å². The van der Waals surface area contributed by atoms with Crippen molar-refractivity contribution < 1.29 is 18.8 Å². The van der Waals surface area contributed by atoms with E-state index < -0.39 is 0 Å². The van der Waals surface area contributed by atoms with Crippen LogP contribution < -0.4 is 15.0 Å². The number of rotatable bonds is 4. The van der Waals surface area contributed by atoms with Crippen LogP contribution in [0.1, 0.15) is 21.6 Å². The Morgan fingerprint density at radius 2 is 2.07 bits per heavy atom. The molecule has 4 rings (SSSR count). The number of aromatic nitrogens is 4. The summed E-state index contributed by atoms with van der Waals surface area (Å²) in [5.74, 6) is -0.235. The van der Waals surface area contributed by atoms with Crippen molar-refractivity contribution in [3.05, 3.63) is 77.6 Å². The van der Waals surface area contributed by atoms with E-state index in [2.05, 4.69) is 15.4 Å². The Kier molecular flexibility index (Phi) is 4.67. The van der Waals surface area contributed by atoms with Gasteiger partial charge in [0.05, 0.1) is 16.8 Å². The molecular formula is C21H19FN5O2+. The van der Waals surface area contributed by atoms with Crippen LogP contribution in [-0.4, -0.2) is 27.7 Å². The molecule has 0 radical (unpaired) electrons. The Morgan fingerprint density at radius 3 is 2.83 bits per heavy atom. The van der Waals surface area contributed by atoms with Gasteiger partial charge in [-0.05, 0) is 43.7 Å². The van der Waals surface area contributed by atoms with Crippen LogP contribution in [0, 0.1) is 19.7 Å². The molecule has 0 spiro atoms. The highest BCUT2D eigenvalue weighted by Crippen LogP contribution is 2.21. The second kappa shape index (κ2) is 7.31. The highest BCUT2D eigenvalue weighted by atomic mass is 19.1. The van der Waals surface area contributed by atoms with Crippen LogP contribution in [-0.2, 0) is 0 Å². The molecule has 1 amide bonds. The van der Waals surface area contributed by atoms with E-state index in [0.29, 0.717) is 28.3 Å². The summed E-state index contributed by atoms with van der Waals surface area (Å²) in [5.41, 5.74) is 5.91. The first-order chi connectivity index (χ1) is 14.0. The van der Waals surface area contributed by atoms with Crippen molar-refractivity contribution in [2.75, 3.05) is 12.5 Å². The maximum atomic E-state index is 13.5. The number of nitrogens with zero attached hydrogens (tertiary/aromatic N) is 4. The van der Waals surface area contributed by atoms with Crippen molar-refractivity contribution in [1.29, 1.82) is 0 Å². The largest absolute Gasteiger partial charge is 0.301 e. The molecule has 0 saturated heterocycles. The van der Waals surface area contributed by atoms with Crippen LogP contribution in [0.5, 0.6) is 0 Å². The Balaban J connectivity index is 1.65. The van der Waals surface area contributed by atoms with E-state index in [1.807, 2.05) is 25.1 Å². The van der Waals surface area contributed by atoms with E-state index in [1.165, 1.54) is 18.3 Å². The number of carbonyl (C=O) groups excluding carboxylic acids is 1. The van der Waals surface area contributed by atoms with Crippen molar-refractivity contribution in [3.63, 3.8) is 0 Å². The second-order valence-corrected chi connectivity index (χ2v) is 6.57. The highest BCUT2D eigenvalue weighted by molar-refractivity contribution is 6.01. The molecule has 0 fully saturated rings. The highest BCUT2D eigenvalue weighted by Gasteiger charge is 2.20. The summed E-state index contributed by atoms with van der Waals surface area (Å²) < 4.78 is 16.6. The van der Waals surface area contributed by atoms with Gasteiger partial charge in [0.25, 0.3) is 5.91 Å². The van der Waals surface area contributed by atoms with Crippen LogP contribution >= 0.6 is 0 Å². The quantitative estimate of drug-likeness (QED) is 0.542. The summed E-state index contributed by atoms with van der Waals surface area (Å²) in [6.45, 7) is 3.60. The Hall–Kier alpha value is -3.81. The number of hydrogen-bond acceptors (Lipinski definition) is 4. The van der Waals surface area contributed by atoms with Crippen molar-refractivity contribution in [3.8, 4) is 11.5 Å². The Bertz CT molecular complexity index is 1240. The number of halogens is 1. The zero-order valence-electron chi connectivity index (χ0n) is 16.2. The van der Waals surface area contributed by atoms with Crippen molar-refractivity contribution >= 4 is 16.8 Å². The Morgan fingerprint density at radius 1 is 1.24 bits per heavy atom. The molecule has 4 aromatic rings. The van der Waals surface area contributed by atoms with E-state index in [0.717, 1.165) is 10.9 Å². The summed E-state index contributed by atoms with van der Waals surface area (Å²) in [4.78, 5) is 26.9. The zero-order valence-corrected chi connectivity index (χ0v) is 16.2. The predicted molar refractivity (Wildman–Crippen MR) is 105 cm³/mol. The lowest BCUT2D eigenvalue weighted by atomic mass is 10.2. The van der Waals surface area contributed by atoms with Crippen LogP contribution in [0.2, 0.25) is 0 Å². The fourth-order valence-corrected chi connectivity index (χ4v) is 3.20. The molecule has 3 aromatic heterocycles. The molecule has 8 heteroatoms. The number of nitrogens with one attached hydrogen (secondary N) is 1. The van der Waals surface area contributed by atoms with Crippen molar-refractivity contribution in [2.24, 2.45) is 0 Å². The molecular weight excluding hydrogens is 373 g/mol. The van der Waals surface area contributed by atoms with Gasteiger partial charge in [-0.15, -0.1) is 0 Å². The lowest BCUT2D eigenvalue weighted by molar-refractivity contribution is -0.877. The standard InChI is InChI=1S/C21H18FN5O2/c1-13-12-26(18-8-7-15(22)10-16(13)18)25-21(28)17-11-23-20(24-14(17)2)19-6-4-5-9-27(19)29-3/h4-12H,1-3H3/p+1. The summed E-state index contributed by atoms with van der Waals surface area (Å²) in [7, 11) is 1.55. The lowest BCUT2D eigenvalue weighted by Crippen LogP contribution is -2.42.